The maximum Gasteiger partial charge on any atom is 0.227 e. The van der Waals surface area contributed by atoms with Gasteiger partial charge in [-0.05, 0) is 25.1 Å². The molecule has 7 heteroatoms. The van der Waals surface area contributed by atoms with Crippen LogP contribution in [0.25, 0.3) is 34.1 Å². The van der Waals surface area contributed by atoms with Gasteiger partial charge in [0.05, 0.1) is 0 Å². The molecule has 2 aromatic heterocycles. The minimum atomic E-state index is -0.559. The number of benzene rings is 2. The normalized spacial score (nSPS) is 10.9. The molecule has 0 radical (unpaired) electrons. The summed E-state index contributed by atoms with van der Waals surface area (Å²) in [5, 5.41) is 29.6. The molecule has 0 atom stereocenters. The van der Waals surface area contributed by atoms with Crippen molar-refractivity contribution in [1.82, 2.24) is 9.97 Å². The summed E-state index contributed by atoms with van der Waals surface area (Å²) in [5.74, 6) is -0.372. The van der Waals surface area contributed by atoms with E-state index in [-0.39, 0.29) is 17.3 Å². The Balaban J connectivity index is 1.98. The zero-order valence-corrected chi connectivity index (χ0v) is 14.8. The Labute approximate surface area is 159 Å². The predicted molar refractivity (Wildman–Crippen MR) is 103 cm³/mol. The van der Waals surface area contributed by atoms with E-state index in [0.29, 0.717) is 28.5 Å². The van der Waals surface area contributed by atoms with Crippen LogP contribution in [0.5, 0.6) is 17.2 Å². The van der Waals surface area contributed by atoms with Crippen molar-refractivity contribution in [2.24, 2.45) is 0 Å². The van der Waals surface area contributed by atoms with Gasteiger partial charge >= 0.3 is 0 Å². The third kappa shape index (κ3) is 2.99. The summed E-state index contributed by atoms with van der Waals surface area (Å²) in [7, 11) is 0. The third-order valence-electron chi connectivity index (χ3n) is 4.27. The Kier molecular flexibility index (Phi) is 4.12. The SMILES string of the molecule is Cc1cc(=O)c(O)c(-c2[nH]c(-c3ccc(O)c(O)c3)nc2-c2ccccc2)o1. The second-order valence-corrected chi connectivity index (χ2v) is 6.28. The van der Waals surface area contributed by atoms with E-state index in [0.717, 1.165) is 5.56 Å². The minimum Gasteiger partial charge on any atom is -0.504 e. The van der Waals surface area contributed by atoms with Gasteiger partial charge in [0.15, 0.2) is 17.3 Å². The molecule has 140 valence electrons. The van der Waals surface area contributed by atoms with E-state index in [1.807, 2.05) is 30.3 Å². The number of hydrogen-bond donors (Lipinski definition) is 4. The number of aryl methyl sites for hydroxylation is 1. The Morgan fingerprint density at radius 1 is 0.929 bits per heavy atom. The highest BCUT2D eigenvalue weighted by Crippen LogP contribution is 2.37. The molecule has 4 N–H and O–H groups in total. The second-order valence-electron chi connectivity index (χ2n) is 6.28. The summed E-state index contributed by atoms with van der Waals surface area (Å²) in [6.45, 7) is 1.61. The molecular formula is C21H16N2O5. The topological polar surface area (TPSA) is 120 Å². The Morgan fingerprint density at radius 3 is 2.39 bits per heavy atom. The molecule has 4 aromatic rings. The molecule has 2 heterocycles. The first-order chi connectivity index (χ1) is 13.4. The second kappa shape index (κ2) is 6.62. The number of hydrogen-bond acceptors (Lipinski definition) is 6. The highest BCUT2D eigenvalue weighted by atomic mass is 16.4. The molecule has 0 unspecified atom stereocenters. The van der Waals surface area contributed by atoms with E-state index >= 15 is 0 Å². The zero-order chi connectivity index (χ0) is 19.8. The first kappa shape index (κ1) is 17.4. The van der Waals surface area contributed by atoms with Gasteiger partial charge in [-0.15, -0.1) is 0 Å². The molecule has 0 amide bonds. The summed E-state index contributed by atoms with van der Waals surface area (Å²) in [6, 6.07) is 14.7. The van der Waals surface area contributed by atoms with E-state index in [9.17, 15) is 20.1 Å². The number of nitrogens with zero attached hydrogens (tertiary/aromatic N) is 1. The number of aromatic amines is 1. The van der Waals surface area contributed by atoms with Crippen molar-refractivity contribution < 1.29 is 19.7 Å². The van der Waals surface area contributed by atoms with Gasteiger partial charge in [0, 0.05) is 17.2 Å². The van der Waals surface area contributed by atoms with Crippen LogP contribution >= 0.6 is 0 Å². The monoisotopic (exact) mass is 376 g/mol. The van der Waals surface area contributed by atoms with E-state index in [1.54, 1.807) is 13.0 Å². The van der Waals surface area contributed by atoms with Crippen LogP contribution in [0.3, 0.4) is 0 Å². The Hall–Kier alpha value is -4.00. The first-order valence-electron chi connectivity index (χ1n) is 8.46. The van der Waals surface area contributed by atoms with Crippen molar-refractivity contribution in [2.75, 3.05) is 0 Å². The number of rotatable bonds is 3. The van der Waals surface area contributed by atoms with Crippen molar-refractivity contribution in [1.29, 1.82) is 0 Å². The lowest BCUT2D eigenvalue weighted by molar-refractivity contribution is 0.404. The number of nitrogens with one attached hydrogen (secondary N) is 1. The average molecular weight is 376 g/mol. The predicted octanol–water partition coefficient (Wildman–Crippen LogP) is 3.79. The van der Waals surface area contributed by atoms with Gasteiger partial charge in [-0.25, -0.2) is 4.98 Å². The smallest absolute Gasteiger partial charge is 0.227 e. The molecule has 7 nitrogen and oxygen atoms in total. The van der Waals surface area contributed by atoms with Gasteiger partial charge in [-0.2, -0.15) is 0 Å². The van der Waals surface area contributed by atoms with Gasteiger partial charge in [0.25, 0.3) is 0 Å². The Bertz CT molecular complexity index is 1230. The number of aromatic nitrogens is 2. The van der Waals surface area contributed by atoms with Crippen molar-refractivity contribution in [3.05, 3.63) is 70.6 Å². The molecule has 0 saturated carbocycles. The lowest BCUT2D eigenvalue weighted by Gasteiger charge is -2.05. The summed E-state index contributed by atoms with van der Waals surface area (Å²) in [4.78, 5) is 19.7. The van der Waals surface area contributed by atoms with Crippen LogP contribution in [0, 0.1) is 6.92 Å². The zero-order valence-electron chi connectivity index (χ0n) is 14.8. The van der Waals surface area contributed by atoms with Crippen molar-refractivity contribution >= 4 is 0 Å². The maximum absolute atomic E-state index is 12.0. The summed E-state index contributed by atoms with van der Waals surface area (Å²) < 4.78 is 5.62. The summed E-state index contributed by atoms with van der Waals surface area (Å²) in [6.07, 6.45) is 0. The van der Waals surface area contributed by atoms with Crippen LogP contribution in [-0.2, 0) is 0 Å². The lowest BCUT2D eigenvalue weighted by Crippen LogP contribution is -2.01. The fraction of sp³-hybridized carbons (Fsp3) is 0.0476. The molecular weight excluding hydrogens is 360 g/mol. The summed E-state index contributed by atoms with van der Waals surface area (Å²) in [5.41, 5.74) is 1.48. The third-order valence-corrected chi connectivity index (χ3v) is 4.27. The lowest BCUT2D eigenvalue weighted by atomic mass is 10.1. The molecule has 0 aliphatic carbocycles. The highest BCUT2D eigenvalue weighted by Gasteiger charge is 2.22. The number of aromatic hydroxyl groups is 3. The van der Waals surface area contributed by atoms with Crippen LogP contribution in [0.1, 0.15) is 5.76 Å². The van der Waals surface area contributed by atoms with Gasteiger partial charge in [-0.1, -0.05) is 30.3 Å². The summed E-state index contributed by atoms with van der Waals surface area (Å²) >= 11 is 0. The number of H-pyrrole nitrogens is 1. The van der Waals surface area contributed by atoms with Crippen LogP contribution < -0.4 is 5.43 Å². The average Bonchev–Trinajstić information content (AvgIpc) is 3.12. The van der Waals surface area contributed by atoms with Gasteiger partial charge < -0.3 is 24.7 Å². The molecule has 4 rings (SSSR count). The van der Waals surface area contributed by atoms with E-state index < -0.39 is 11.2 Å². The fourth-order valence-electron chi connectivity index (χ4n) is 2.92. The standard InChI is InChI=1S/C21H16N2O5/c1-11-9-16(26)19(27)20(28-11)18-17(12-5-3-2-4-6-12)22-21(23-18)13-7-8-14(24)15(25)10-13/h2-10,24-25,27H,1H3,(H,22,23). The Morgan fingerprint density at radius 2 is 1.68 bits per heavy atom. The van der Waals surface area contributed by atoms with Crippen molar-refractivity contribution in [3.63, 3.8) is 0 Å². The molecule has 28 heavy (non-hydrogen) atoms. The van der Waals surface area contributed by atoms with E-state index in [4.69, 9.17) is 4.42 Å². The molecule has 0 spiro atoms. The minimum absolute atomic E-state index is 0.0226. The van der Waals surface area contributed by atoms with E-state index in [1.165, 1.54) is 18.2 Å². The molecule has 0 fully saturated rings. The van der Waals surface area contributed by atoms with Gasteiger partial charge in [-0.3, -0.25) is 4.79 Å². The van der Waals surface area contributed by atoms with Crippen molar-refractivity contribution in [3.8, 4) is 51.3 Å². The maximum atomic E-state index is 12.0. The molecule has 0 bridgehead atoms. The van der Waals surface area contributed by atoms with Gasteiger partial charge in [0.1, 0.15) is 23.0 Å². The fourth-order valence-corrected chi connectivity index (χ4v) is 2.92. The molecule has 0 saturated heterocycles. The highest BCUT2D eigenvalue weighted by molar-refractivity contribution is 5.81. The molecule has 0 aliphatic heterocycles. The molecule has 2 aromatic carbocycles. The van der Waals surface area contributed by atoms with Crippen LogP contribution in [0.4, 0.5) is 0 Å². The number of phenolic OH excluding ortho intramolecular Hbond substituents is 2. The van der Waals surface area contributed by atoms with Crippen LogP contribution in [-0.4, -0.2) is 25.3 Å². The van der Waals surface area contributed by atoms with Crippen LogP contribution in [0.15, 0.2) is 63.8 Å². The van der Waals surface area contributed by atoms with Gasteiger partial charge in [0.2, 0.25) is 11.2 Å². The van der Waals surface area contributed by atoms with Crippen LogP contribution in [0.2, 0.25) is 0 Å². The molecule has 0 aliphatic rings. The van der Waals surface area contributed by atoms with Crippen molar-refractivity contribution in [2.45, 2.75) is 6.92 Å². The quantitative estimate of drug-likeness (QED) is 0.404. The largest absolute Gasteiger partial charge is 0.504 e. The number of phenols is 2. The number of imidazole rings is 1. The van der Waals surface area contributed by atoms with E-state index in [2.05, 4.69) is 9.97 Å². The first-order valence-corrected chi connectivity index (χ1v) is 8.46.